The summed E-state index contributed by atoms with van der Waals surface area (Å²) in [5, 5.41) is 31.3. The maximum atomic E-state index is 10.9. The molecule has 380 valence electrons. The van der Waals surface area contributed by atoms with Gasteiger partial charge in [0.15, 0.2) is 6.29 Å². The number of benzene rings is 7. The SMILES string of the molecule is C=Nc1c(C(=N)N(C)[C@H](CO)Cc2ccccc2)c(-c2cccc(-c3ccc(CCn4c(-c5ccccc5)c(-c5ccccc5)c5c(=N)n(CC(OC)OC)cnc54)cc3)c2)c(-c2ccccc2)n1Cc1ccccc1. The number of aryl methyl sites for hydroxylation is 2. The molecule has 0 saturated carbocycles. The lowest BCUT2D eigenvalue weighted by Crippen LogP contribution is -2.41. The van der Waals surface area contributed by atoms with Crippen molar-refractivity contribution < 1.29 is 14.6 Å². The Morgan fingerprint density at radius 3 is 1.75 bits per heavy atom. The van der Waals surface area contributed by atoms with E-state index in [2.05, 4.69) is 137 Å². The lowest BCUT2D eigenvalue weighted by molar-refractivity contribution is -0.111. The predicted octanol–water partition coefficient (Wildman–Crippen LogP) is 12.6. The fourth-order valence-corrected chi connectivity index (χ4v) is 10.5. The van der Waals surface area contributed by atoms with Gasteiger partial charge in [0.1, 0.15) is 22.8 Å². The van der Waals surface area contributed by atoms with Crippen LogP contribution in [-0.4, -0.2) is 81.5 Å². The van der Waals surface area contributed by atoms with E-state index < -0.39 is 6.29 Å². The Kier molecular flexibility index (Phi) is 15.5. The number of aromatic nitrogens is 4. The summed E-state index contributed by atoms with van der Waals surface area (Å²) in [4.78, 5) is 11.7. The maximum absolute atomic E-state index is 10.9. The van der Waals surface area contributed by atoms with Crippen molar-refractivity contribution >= 4 is 29.4 Å². The molecule has 11 heteroatoms. The molecule has 7 aromatic carbocycles. The van der Waals surface area contributed by atoms with Gasteiger partial charge in [-0.15, -0.1) is 0 Å². The number of nitrogens with zero attached hydrogens (tertiary/aromatic N) is 6. The van der Waals surface area contributed by atoms with E-state index in [4.69, 9.17) is 19.5 Å². The van der Waals surface area contributed by atoms with Crippen molar-refractivity contribution in [3.05, 3.63) is 234 Å². The van der Waals surface area contributed by atoms with Gasteiger partial charge >= 0.3 is 0 Å². The monoisotopic (exact) mass is 1000 g/mol. The third-order valence-electron chi connectivity index (χ3n) is 14.4. The second-order valence-corrected chi connectivity index (χ2v) is 19.0. The number of aliphatic imine (C=N–C) groups is 1. The highest BCUT2D eigenvalue weighted by Gasteiger charge is 2.31. The molecule has 10 rings (SSSR count). The summed E-state index contributed by atoms with van der Waals surface area (Å²) in [5.74, 6) is 0.828. The van der Waals surface area contributed by atoms with E-state index >= 15 is 0 Å². The van der Waals surface area contributed by atoms with Crippen LogP contribution in [0.3, 0.4) is 0 Å². The number of amidine groups is 1. The minimum Gasteiger partial charge on any atom is -0.394 e. The Bertz CT molecular complexity index is 3650. The van der Waals surface area contributed by atoms with E-state index in [0.717, 1.165) is 83.6 Å². The highest BCUT2D eigenvalue weighted by molar-refractivity contribution is 6.11. The van der Waals surface area contributed by atoms with Crippen molar-refractivity contribution in [1.82, 2.24) is 23.6 Å². The first-order chi connectivity index (χ1) is 37.3. The molecule has 76 heavy (non-hydrogen) atoms. The number of aliphatic hydroxyl groups excluding tert-OH is 1. The van der Waals surface area contributed by atoms with E-state index in [1.54, 1.807) is 25.1 Å². The molecule has 0 bridgehead atoms. The average Bonchev–Trinajstić information content (AvgIpc) is 3.99. The molecule has 1 atom stereocenters. The van der Waals surface area contributed by atoms with E-state index in [1.807, 2.05) is 90.8 Å². The fraction of sp³-hybridized carbons (Fsp3) is 0.169. The summed E-state index contributed by atoms with van der Waals surface area (Å²) >= 11 is 0. The predicted molar refractivity (Wildman–Crippen MR) is 307 cm³/mol. The number of aliphatic hydroxyl groups is 1. The van der Waals surface area contributed by atoms with Gasteiger partial charge in [-0.25, -0.2) is 9.98 Å². The molecule has 0 aliphatic heterocycles. The number of rotatable bonds is 20. The van der Waals surface area contributed by atoms with Crippen LogP contribution in [0.1, 0.15) is 22.3 Å². The molecule has 3 aromatic heterocycles. The smallest absolute Gasteiger partial charge is 0.174 e. The van der Waals surface area contributed by atoms with Crippen molar-refractivity contribution in [3.8, 4) is 55.9 Å². The standard InChI is InChI=1S/C65H62N8O3/c1-68-64-58(62(66)70(2)54(43-74)39-46-21-10-5-11-22-46)57(61(51-29-18-9-19-30-51)73(64)41-47-23-12-6-13-24-47)53-32-20-31-52(40-53)48-35-33-45(34-36-48)37-38-72-60(50-27-16-8-17-28-50)56(49-25-14-7-15-26-49)59-63(67)71(44-69-65(59)72)42-55(75-3)76-4/h5-36,40,44,54-55,66-67,74H,1,37-39,41-43H2,2-4H3/t54-/m0/s1. The van der Waals surface area contributed by atoms with Crippen LogP contribution in [0.5, 0.6) is 0 Å². The molecule has 0 amide bonds. The third-order valence-corrected chi connectivity index (χ3v) is 14.4. The summed E-state index contributed by atoms with van der Waals surface area (Å²) in [6.45, 7) is 5.43. The molecule has 0 radical (unpaired) electrons. The largest absolute Gasteiger partial charge is 0.394 e. The Morgan fingerprint density at radius 2 is 1.17 bits per heavy atom. The summed E-state index contributed by atoms with van der Waals surface area (Å²) < 4.78 is 17.3. The molecule has 10 aromatic rings. The maximum Gasteiger partial charge on any atom is 0.174 e. The van der Waals surface area contributed by atoms with Crippen molar-refractivity contribution in [2.75, 3.05) is 27.9 Å². The normalized spacial score (nSPS) is 11.8. The molecule has 3 N–H and O–H groups in total. The lowest BCUT2D eigenvalue weighted by atomic mass is 9.93. The molecular formula is C65H62N8O3. The highest BCUT2D eigenvalue weighted by atomic mass is 16.7. The van der Waals surface area contributed by atoms with Crippen molar-refractivity contribution in [2.24, 2.45) is 4.99 Å². The number of hydrogen-bond donors (Lipinski definition) is 3. The highest BCUT2D eigenvalue weighted by Crippen LogP contribution is 2.45. The Balaban J connectivity index is 1.04. The van der Waals surface area contributed by atoms with Crippen LogP contribution in [0, 0.1) is 10.8 Å². The molecule has 0 unspecified atom stereocenters. The van der Waals surface area contributed by atoms with Crippen LogP contribution >= 0.6 is 0 Å². The number of methoxy groups -OCH3 is 2. The van der Waals surface area contributed by atoms with Crippen LogP contribution < -0.4 is 5.49 Å². The second-order valence-electron chi connectivity index (χ2n) is 19.0. The van der Waals surface area contributed by atoms with Gasteiger partial charge in [-0.2, -0.15) is 0 Å². The lowest BCUT2D eigenvalue weighted by Gasteiger charge is -2.29. The van der Waals surface area contributed by atoms with Crippen LogP contribution in [0.4, 0.5) is 5.82 Å². The topological polar surface area (TPSA) is 130 Å². The van der Waals surface area contributed by atoms with Gasteiger partial charge in [-0.05, 0) is 75.7 Å². The van der Waals surface area contributed by atoms with Crippen molar-refractivity contribution in [1.29, 1.82) is 10.8 Å². The molecule has 11 nitrogen and oxygen atoms in total. The first-order valence-electron chi connectivity index (χ1n) is 25.6. The summed E-state index contributed by atoms with van der Waals surface area (Å²) in [5.41, 5.74) is 14.8. The number of hydrogen-bond acceptors (Lipinski definition) is 7. The van der Waals surface area contributed by atoms with Crippen LogP contribution in [0.15, 0.2) is 212 Å². The molecule has 0 aliphatic carbocycles. The van der Waals surface area contributed by atoms with Crippen molar-refractivity contribution in [2.45, 2.75) is 44.8 Å². The Morgan fingerprint density at radius 1 is 0.632 bits per heavy atom. The first-order valence-corrected chi connectivity index (χ1v) is 25.6. The van der Waals surface area contributed by atoms with E-state index in [9.17, 15) is 15.9 Å². The fourth-order valence-electron chi connectivity index (χ4n) is 10.5. The second kappa shape index (κ2) is 23.2. The summed E-state index contributed by atoms with van der Waals surface area (Å²) in [6, 6.07) is 68.3. The zero-order valence-corrected chi connectivity index (χ0v) is 43.2. The first kappa shape index (κ1) is 50.8. The zero-order chi connectivity index (χ0) is 52.5. The van der Waals surface area contributed by atoms with Crippen molar-refractivity contribution in [3.63, 3.8) is 0 Å². The van der Waals surface area contributed by atoms with E-state index in [1.165, 1.54) is 0 Å². The average molecular weight is 1000 g/mol. The molecule has 0 spiro atoms. The minimum absolute atomic E-state index is 0.138. The van der Waals surface area contributed by atoms with Gasteiger partial charge in [-0.3, -0.25) is 10.8 Å². The molecule has 0 aliphatic rings. The molecule has 0 fully saturated rings. The zero-order valence-electron chi connectivity index (χ0n) is 43.2. The van der Waals surface area contributed by atoms with Gasteiger partial charge in [0.05, 0.1) is 47.9 Å². The summed E-state index contributed by atoms with van der Waals surface area (Å²) in [7, 11) is 5.09. The quantitative estimate of drug-likeness (QED) is 0.0398. The molecule has 3 heterocycles. The van der Waals surface area contributed by atoms with Gasteiger partial charge in [-0.1, -0.05) is 194 Å². The van der Waals surface area contributed by atoms with Gasteiger partial charge < -0.3 is 33.2 Å². The molecule has 0 saturated heterocycles. The van der Waals surface area contributed by atoms with Crippen LogP contribution in [0.2, 0.25) is 0 Å². The van der Waals surface area contributed by atoms with E-state index in [-0.39, 0.29) is 18.5 Å². The van der Waals surface area contributed by atoms with Gasteiger partial charge in [0.25, 0.3) is 0 Å². The number of fused-ring (bicyclic) bond motifs is 1. The summed E-state index contributed by atoms with van der Waals surface area (Å²) in [6.07, 6.45) is 2.45. The Hall–Kier alpha value is -8.74. The van der Waals surface area contributed by atoms with E-state index in [0.29, 0.717) is 49.3 Å². The number of ether oxygens (including phenoxy) is 2. The number of likely N-dealkylation sites (N-methyl/N-ethyl adjacent to an activating group) is 1. The van der Waals surface area contributed by atoms with Gasteiger partial charge in [0, 0.05) is 45.5 Å². The third kappa shape index (κ3) is 10.4. The minimum atomic E-state index is -0.536. The van der Waals surface area contributed by atoms with Crippen LogP contribution in [-0.2, 0) is 41.9 Å². The Labute approximate surface area is 444 Å². The van der Waals surface area contributed by atoms with Crippen LogP contribution in [0.25, 0.3) is 66.9 Å². The van der Waals surface area contributed by atoms with Gasteiger partial charge in [0.2, 0.25) is 0 Å². The number of nitrogens with one attached hydrogen (secondary N) is 2. The molecular weight excluding hydrogens is 941 g/mol.